The first-order chi connectivity index (χ1) is 13.3. The van der Waals surface area contributed by atoms with Gasteiger partial charge in [-0.2, -0.15) is 0 Å². The number of carbonyl (C=O) groups excluding carboxylic acids is 1. The molecule has 27 heavy (non-hydrogen) atoms. The number of H-pyrrole nitrogens is 1. The minimum atomic E-state index is 0.147. The van der Waals surface area contributed by atoms with E-state index in [0.717, 1.165) is 55.2 Å². The number of aromatic nitrogens is 2. The summed E-state index contributed by atoms with van der Waals surface area (Å²) in [5.74, 6) is 0.147. The number of rotatable bonds is 5. The Morgan fingerprint density at radius 2 is 2.04 bits per heavy atom. The highest BCUT2D eigenvalue weighted by molar-refractivity contribution is 5.97. The maximum absolute atomic E-state index is 13.2. The highest BCUT2D eigenvalue weighted by atomic mass is 16.2. The van der Waals surface area contributed by atoms with E-state index < -0.39 is 0 Å². The Balaban J connectivity index is 1.50. The van der Waals surface area contributed by atoms with Crippen molar-refractivity contribution >= 4 is 16.9 Å². The van der Waals surface area contributed by atoms with Crippen LogP contribution in [-0.4, -0.2) is 33.4 Å². The van der Waals surface area contributed by atoms with Gasteiger partial charge in [-0.1, -0.05) is 31.2 Å². The zero-order chi connectivity index (χ0) is 18.6. The van der Waals surface area contributed by atoms with E-state index in [1.54, 1.807) is 6.33 Å². The molecule has 1 saturated heterocycles. The van der Waals surface area contributed by atoms with Crippen LogP contribution in [0.4, 0.5) is 0 Å². The Morgan fingerprint density at radius 3 is 2.89 bits per heavy atom. The van der Waals surface area contributed by atoms with Gasteiger partial charge in [-0.3, -0.25) is 4.79 Å². The average Bonchev–Trinajstić information content (AvgIpc) is 3.20. The van der Waals surface area contributed by atoms with Crippen molar-refractivity contribution in [1.29, 1.82) is 0 Å². The van der Waals surface area contributed by atoms with Gasteiger partial charge in [0.15, 0.2) is 0 Å². The maximum atomic E-state index is 13.2. The molecule has 0 aliphatic carbocycles. The predicted molar refractivity (Wildman–Crippen MR) is 109 cm³/mol. The van der Waals surface area contributed by atoms with E-state index in [1.807, 2.05) is 18.2 Å². The van der Waals surface area contributed by atoms with E-state index in [0.29, 0.717) is 6.04 Å². The van der Waals surface area contributed by atoms with Crippen LogP contribution in [0.1, 0.15) is 54.1 Å². The molecule has 0 radical (unpaired) electrons. The van der Waals surface area contributed by atoms with E-state index in [2.05, 4.69) is 46.1 Å². The molecule has 2 heterocycles. The zero-order valence-corrected chi connectivity index (χ0v) is 15.9. The highest BCUT2D eigenvalue weighted by Gasteiger charge is 2.27. The number of nitrogens with one attached hydrogen (secondary N) is 1. The number of benzene rings is 2. The molecule has 1 aliphatic heterocycles. The van der Waals surface area contributed by atoms with Gasteiger partial charge in [0.05, 0.1) is 17.4 Å². The van der Waals surface area contributed by atoms with Crippen molar-refractivity contribution in [3.05, 3.63) is 65.5 Å². The second-order valence-electron chi connectivity index (χ2n) is 7.44. The second kappa shape index (κ2) is 7.95. The number of amides is 1. The predicted octanol–water partition coefficient (Wildman–Crippen LogP) is 4.75. The SMILES string of the molecule is CCc1ccccc1CC[C@@H]1CCCCN1C(=O)c1ccc2[nH]cnc2c1. The summed E-state index contributed by atoms with van der Waals surface area (Å²) in [6.45, 7) is 3.07. The fourth-order valence-corrected chi connectivity index (χ4v) is 4.27. The summed E-state index contributed by atoms with van der Waals surface area (Å²) in [6.07, 6.45) is 8.22. The normalized spacial score (nSPS) is 17.4. The van der Waals surface area contributed by atoms with Crippen molar-refractivity contribution in [1.82, 2.24) is 14.9 Å². The molecule has 1 amide bonds. The maximum Gasteiger partial charge on any atom is 0.254 e. The molecule has 140 valence electrons. The summed E-state index contributed by atoms with van der Waals surface area (Å²) in [6, 6.07) is 14.8. The molecule has 4 nitrogen and oxygen atoms in total. The Labute approximate surface area is 160 Å². The summed E-state index contributed by atoms with van der Waals surface area (Å²) in [4.78, 5) is 22.7. The third-order valence-electron chi connectivity index (χ3n) is 5.80. The fraction of sp³-hybridized carbons (Fsp3) is 0.391. The van der Waals surface area contributed by atoms with Gasteiger partial charge in [0.1, 0.15) is 0 Å². The molecule has 0 unspecified atom stereocenters. The standard InChI is InChI=1S/C23H27N3O/c1-2-17-7-3-4-8-18(17)10-12-20-9-5-6-14-26(20)23(27)19-11-13-21-22(15-19)25-16-24-21/h3-4,7-8,11,13,15-16,20H,2,5-6,9-10,12,14H2,1H3,(H,24,25)/t20-/m0/s1. The number of carbonyl (C=O) groups is 1. The molecule has 0 saturated carbocycles. The lowest BCUT2D eigenvalue weighted by molar-refractivity contribution is 0.0602. The lowest BCUT2D eigenvalue weighted by Crippen LogP contribution is -2.44. The molecule has 1 aromatic heterocycles. The minimum Gasteiger partial charge on any atom is -0.345 e. The molecule has 1 aliphatic rings. The van der Waals surface area contributed by atoms with E-state index in [-0.39, 0.29) is 5.91 Å². The summed E-state index contributed by atoms with van der Waals surface area (Å²) in [5.41, 5.74) is 5.42. The number of piperidine rings is 1. The molecule has 2 aromatic carbocycles. The average molecular weight is 361 g/mol. The van der Waals surface area contributed by atoms with Crippen LogP contribution in [0.3, 0.4) is 0 Å². The van der Waals surface area contributed by atoms with Gasteiger partial charge in [0.25, 0.3) is 5.91 Å². The van der Waals surface area contributed by atoms with Gasteiger partial charge in [0, 0.05) is 18.2 Å². The largest absolute Gasteiger partial charge is 0.345 e. The van der Waals surface area contributed by atoms with Crippen LogP contribution in [-0.2, 0) is 12.8 Å². The van der Waals surface area contributed by atoms with E-state index in [9.17, 15) is 4.79 Å². The molecule has 1 atom stereocenters. The van der Waals surface area contributed by atoms with Gasteiger partial charge in [-0.25, -0.2) is 4.98 Å². The molecule has 4 heteroatoms. The van der Waals surface area contributed by atoms with Crippen molar-refractivity contribution in [3.63, 3.8) is 0 Å². The van der Waals surface area contributed by atoms with Crippen molar-refractivity contribution in [2.75, 3.05) is 6.54 Å². The minimum absolute atomic E-state index is 0.147. The molecule has 1 N–H and O–H groups in total. The van der Waals surface area contributed by atoms with Crippen LogP contribution >= 0.6 is 0 Å². The number of aromatic amines is 1. The zero-order valence-electron chi connectivity index (χ0n) is 15.9. The lowest BCUT2D eigenvalue weighted by atomic mass is 9.93. The van der Waals surface area contributed by atoms with Gasteiger partial charge in [-0.15, -0.1) is 0 Å². The first-order valence-electron chi connectivity index (χ1n) is 10.1. The first kappa shape index (κ1) is 17.8. The number of imidazole rings is 1. The lowest BCUT2D eigenvalue weighted by Gasteiger charge is -2.36. The Kier molecular flexibility index (Phi) is 5.23. The third-order valence-corrected chi connectivity index (χ3v) is 5.80. The van der Waals surface area contributed by atoms with Crippen molar-refractivity contribution in [3.8, 4) is 0 Å². The van der Waals surface area contributed by atoms with Crippen LogP contribution in [0.25, 0.3) is 11.0 Å². The number of fused-ring (bicyclic) bond motifs is 1. The smallest absolute Gasteiger partial charge is 0.254 e. The number of nitrogens with zero attached hydrogens (tertiary/aromatic N) is 2. The number of likely N-dealkylation sites (tertiary alicyclic amines) is 1. The summed E-state index contributed by atoms with van der Waals surface area (Å²) in [7, 11) is 0. The van der Waals surface area contributed by atoms with Crippen LogP contribution in [0.5, 0.6) is 0 Å². The molecule has 1 fully saturated rings. The molecular weight excluding hydrogens is 334 g/mol. The fourth-order valence-electron chi connectivity index (χ4n) is 4.27. The van der Waals surface area contributed by atoms with Crippen molar-refractivity contribution < 1.29 is 4.79 Å². The van der Waals surface area contributed by atoms with Crippen LogP contribution in [0.2, 0.25) is 0 Å². The monoisotopic (exact) mass is 361 g/mol. The number of hydrogen-bond donors (Lipinski definition) is 1. The van der Waals surface area contributed by atoms with Crippen LogP contribution < -0.4 is 0 Å². The summed E-state index contributed by atoms with van der Waals surface area (Å²) < 4.78 is 0. The molecule has 0 spiro atoms. The van der Waals surface area contributed by atoms with Gasteiger partial charge >= 0.3 is 0 Å². The Morgan fingerprint density at radius 1 is 1.19 bits per heavy atom. The summed E-state index contributed by atoms with van der Waals surface area (Å²) in [5, 5.41) is 0. The van der Waals surface area contributed by atoms with Gasteiger partial charge < -0.3 is 9.88 Å². The van der Waals surface area contributed by atoms with Crippen LogP contribution in [0, 0.1) is 0 Å². The molecule has 0 bridgehead atoms. The van der Waals surface area contributed by atoms with E-state index >= 15 is 0 Å². The Bertz CT molecular complexity index is 930. The van der Waals surface area contributed by atoms with Crippen molar-refractivity contribution in [2.24, 2.45) is 0 Å². The van der Waals surface area contributed by atoms with Gasteiger partial charge in [0.2, 0.25) is 0 Å². The quantitative estimate of drug-likeness (QED) is 0.713. The molecule has 3 aromatic rings. The first-order valence-corrected chi connectivity index (χ1v) is 10.1. The molecular formula is C23H27N3O. The van der Waals surface area contributed by atoms with Crippen molar-refractivity contribution in [2.45, 2.75) is 51.5 Å². The van der Waals surface area contributed by atoms with E-state index in [1.165, 1.54) is 17.5 Å². The number of aryl methyl sites for hydroxylation is 2. The van der Waals surface area contributed by atoms with Crippen LogP contribution in [0.15, 0.2) is 48.8 Å². The highest BCUT2D eigenvalue weighted by Crippen LogP contribution is 2.25. The molecule has 4 rings (SSSR count). The topological polar surface area (TPSA) is 49.0 Å². The second-order valence-corrected chi connectivity index (χ2v) is 7.44. The summed E-state index contributed by atoms with van der Waals surface area (Å²) >= 11 is 0. The Hall–Kier alpha value is -2.62. The van der Waals surface area contributed by atoms with E-state index in [4.69, 9.17) is 0 Å². The van der Waals surface area contributed by atoms with Gasteiger partial charge in [-0.05, 0) is 67.9 Å². The third kappa shape index (κ3) is 3.75. The number of hydrogen-bond acceptors (Lipinski definition) is 2.